The molecule has 5 heteroatoms. The summed E-state index contributed by atoms with van der Waals surface area (Å²) in [6, 6.07) is 28.2. The van der Waals surface area contributed by atoms with Gasteiger partial charge in [-0.3, -0.25) is 4.79 Å². The van der Waals surface area contributed by atoms with Crippen LogP contribution in [0.3, 0.4) is 0 Å². The summed E-state index contributed by atoms with van der Waals surface area (Å²) in [5, 5.41) is 0.721. The highest BCUT2D eigenvalue weighted by atomic mass is 16.5. The molecule has 0 saturated carbocycles. The summed E-state index contributed by atoms with van der Waals surface area (Å²) in [6.07, 6.45) is 0.797. The molecule has 5 aromatic rings. The Morgan fingerprint density at radius 3 is 2.14 bits per heavy atom. The normalized spacial score (nSPS) is 10.9. The first-order valence-corrected chi connectivity index (χ1v) is 11.8. The molecule has 36 heavy (non-hydrogen) atoms. The number of carbonyl (C=O) groups excluding carboxylic acids is 1. The first kappa shape index (κ1) is 23.2. The molecule has 0 atom stereocenters. The molecule has 5 rings (SSSR count). The molecule has 1 aromatic heterocycles. The zero-order valence-corrected chi connectivity index (χ0v) is 20.4. The Labute approximate surface area is 209 Å². The zero-order valence-electron chi connectivity index (χ0n) is 20.4. The molecular formula is C31H26O5. The van der Waals surface area contributed by atoms with Crippen LogP contribution in [0.25, 0.3) is 22.3 Å². The van der Waals surface area contributed by atoms with Crippen LogP contribution in [0.15, 0.2) is 95.4 Å². The second kappa shape index (κ2) is 10.0. The third kappa shape index (κ3) is 4.31. The molecule has 0 bridgehead atoms. The van der Waals surface area contributed by atoms with Gasteiger partial charge in [0.15, 0.2) is 28.6 Å². The smallest absolute Gasteiger partial charge is 0.197 e. The van der Waals surface area contributed by atoms with Crippen LogP contribution in [0.1, 0.15) is 28.4 Å². The van der Waals surface area contributed by atoms with E-state index in [0.29, 0.717) is 51.0 Å². The molecule has 4 aromatic carbocycles. The third-order valence-corrected chi connectivity index (χ3v) is 6.10. The predicted molar refractivity (Wildman–Crippen MR) is 141 cm³/mol. The number of benzene rings is 4. The fourth-order valence-electron chi connectivity index (χ4n) is 4.25. The van der Waals surface area contributed by atoms with E-state index < -0.39 is 0 Å². The van der Waals surface area contributed by atoms with Gasteiger partial charge in [0, 0.05) is 16.5 Å². The highest BCUT2D eigenvalue weighted by Crippen LogP contribution is 2.42. The lowest BCUT2D eigenvalue weighted by molar-refractivity contribution is 0.104. The maximum Gasteiger partial charge on any atom is 0.197 e. The summed E-state index contributed by atoms with van der Waals surface area (Å²) < 4.78 is 23.7. The lowest BCUT2D eigenvalue weighted by Crippen LogP contribution is -2.02. The Hall–Kier alpha value is -4.51. The van der Waals surface area contributed by atoms with Crippen molar-refractivity contribution in [1.29, 1.82) is 0 Å². The molecule has 0 aliphatic heterocycles. The van der Waals surface area contributed by atoms with E-state index in [1.807, 2.05) is 91.0 Å². The number of fused-ring (bicyclic) bond motifs is 1. The van der Waals surface area contributed by atoms with E-state index in [2.05, 4.69) is 6.92 Å². The van der Waals surface area contributed by atoms with Crippen molar-refractivity contribution in [3.63, 3.8) is 0 Å². The molecule has 5 nitrogen and oxygen atoms in total. The minimum Gasteiger partial charge on any atom is -0.493 e. The Balaban J connectivity index is 1.70. The van der Waals surface area contributed by atoms with Crippen molar-refractivity contribution in [3.8, 4) is 34.3 Å². The van der Waals surface area contributed by atoms with Crippen LogP contribution in [0, 0.1) is 0 Å². The number of furan rings is 1. The number of hydrogen-bond acceptors (Lipinski definition) is 5. The van der Waals surface area contributed by atoms with Crippen LogP contribution in [-0.4, -0.2) is 20.0 Å². The largest absolute Gasteiger partial charge is 0.493 e. The van der Waals surface area contributed by atoms with Gasteiger partial charge in [-0.15, -0.1) is 0 Å². The molecule has 0 spiro atoms. The molecule has 0 fully saturated rings. The molecule has 0 aliphatic carbocycles. The zero-order chi connectivity index (χ0) is 25.1. The topological polar surface area (TPSA) is 57.9 Å². The van der Waals surface area contributed by atoms with Crippen LogP contribution in [-0.2, 0) is 6.42 Å². The fraction of sp³-hybridized carbons (Fsp3) is 0.129. The molecular weight excluding hydrogens is 452 g/mol. The van der Waals surface area contributed by atoms with Gasteiger partial charge in [0.25, 0.3) is 0 Å². The first-order chi connectivity index (χ1) is 17.6. The van der Waals surface area contributed by atoms with Crippen molar-refractivity contribution >= 4 is 16.8 Å². The molecule has 0 aliphatic rings. The van der Waals surface area contributed by atoms with Crippen LogP contribution >= 0.6 is 0 Å². The van der Waals surface area contributed by atoms with Crippen LogP contribution in [0.5, 0.6) is 23.0 Å². The molecule has 0 saturated heterocycles. The molecule has 180 valence electrons. The lowest BCUT2D eigenvalue weighted by Gasteiger charge is -2.12. The fourth-order valence-corrected chi connectivity index (χ4v) is 4.25. The van der Waals surface area contributed by atoms with Gasteiger partial charge in [0.2, 0.25) is 0 Å². The van der Waals surface area contributed by atoms with Gasteiger partial charge >= 0.3 is 0 Å². The number of carbonyl (C=O) groups is 1. The van der Waals surface area contributed by atoms with Gasteiger partial charge < -0.3 is 18.6 Å². The summed E-state index contributed by atoms with van der Waals surface area (Å²) in [6.45, 7) is 2.07. The van der Waals surface area contributed by atoms with E-state index in [9.17, 15) is 4.79 Å². The molecule has 0 unspecified atom stereocenters. The molecule has 0 radical (unpaired) electrons. The third-order valence-electron chi connectivity index (χ3n) is 6.10. The van der Waals surface area contributed by atoms with Crippen molar-refractivity contribution in [2.24, 2.45) is 0 Å². The van der Waals surface area contributed by atoms with Crippen LogP contribution < -0.4 is 14.2 Å². The Bertz CT molecular complexity index is 1520. The van der Waals surface area contributed by atoms with Gasteiger partial charge in [-0.2, -0.15) is 0 Å². The molecule has 1 heterocycles. The minimum absolute atomic E-state index is 0.122. The lowest BCUT2D eigenvalue weighted by atomic mass is 9.96. The van der Waals surface area contributed by atoms with Gasteiger partial charge in [-0.25, -0.2) is 0 Å². The van der Waals surface area contributed by atoms with Gasteiger partial charge in [-0.1, -0.05) is 55.5 Å². The van der Waals surface area contributed by atoms with Crippen molar-refractivity contribution < 1.29 is 23.4 Å². The first-order valence-electron chi connectivity index (χ1n) is 11.8. The Kier molecular flexibility index (Phi) is 6.46. The van der Waals surface area contributed by atoms with Crippen LogP contribution in [0.2, 0.25) is 0 Å². The second-order valence-electron chi connectivity index (χ2n) is 8.31. The van der Waals surface area contributed by atoms with E-state index in [-0.39, 0.29) is 5.78 Å². The molecule has 0 amide bonds. The summed E-state index contributed by atoms with van der Waals surface area (Å²) in [5.41, 5.74) is 3.36. The van der Waals surface area contributed by atoms with E-state index in [0.717, 1.165) is 17.4 Å². The van der Waals surface area contributed by atoms with Crippen molar-refractivity contribution in [2.45, 2.75) is 13.3 Å². The summed E-state index contributed by atoms with van der Waals surface area (Å²) >= 11 is 0. The van der Waals surface area contributed by atoms with E-state index in [1.54, 1.807) is 14.2 Å². The minimum atomic E-state index is -0.122. The summed E-state index contributed by atoms with van der Waals surface area (Å²) in [5.74, 6) is 2.71. The van der Waals surface area contributed by atoms with Crippen molar-refractivity contribution in [3.05, 3.63) is 108 Å². The van der Waals surface area contributed by atoms with E-state index >= 15 is 0 Å². The standard InChI is InChI=1S/C31H26O5/c1-4-20-17-24-28(29(32)21-11-7-5-8-12-21)30(36-31(24)27(18-20)34-3)22-15-16-25(26(19-22)33-2)35-23-13-9-6-10-14-23/h5-19H,4H2,1-3H3. The van der Waals surface area contributed by atoms with Gasteiger partial charge in [0.1, 0.15) is 11.5 Å². The monoisotopic (exact) mass is 478 g/mol. The van der Waals surface area contributed by atoms with Crippen molar-refractivity contribution in [2.75, 3.05) is 14.2 Å². The highest BCUT2D eigenvalue weighted by molar-refractivity contribution is 6.20. The van der Waals surface area contributed by atoms with E-state index in [4.69, 9.17) is 18.6 Å². The highest BCUT2D eigenvalue weighted by Gasteiger charge is 2.26. The SMILES string of the molecule is CCc1cc(OC)c2oc(-c3ccc(Oc4ccccc4)c(OC)c3)c(C(=O)c3ccccc3)c2c1. The second-order valence-corrected chi connectivity index (χ2v) is 8.31. The van der Waals surface area contributed by atoms with Crippen molar-refractivity contribution in [1.82, 2.24) is 0 Å². The summed E-state index contributed by atoms with van der Waals surface area (Å²) in [4.78, 5) is 13.8. The maximum absolute atomic E-state index is 13.8. The number of methoxy groups -OCH3 is 2. The van der Waals surface area contributed by atoms with Gasteiger partial charge in [0.05, 0.1) is 19.8 Å². The van der Waals surface area contributed by atoms with E-state index in [1.165, 1.54) is 0 Å². The average Bonchev–Trinajstić information content (AvgIpc) is 3.32. The quantitative estimate of drug-likeness (QED) is 0.214. The van der Waals surface area contributed by atoms with Crippen LogP contribution in [0.4, 0.5) is 0 Å². The number of rotatable bonds is 8. The Morgan fingerprint density at radius 2 is 1.47 bits per heavy atom. The Morgan fingerprint density at radius 1 is 0.778 bits per heavy atom. The average molecular weight is 479 g/mol. The number of ketones is 1. The number of aryl methyl sites for hydroxylation is 1. The number of ether oxygens (including phenoxy) is 3. The number of para-hydroxylation sites is 1. The van der Waals surface area contributed by atoms with Gasteiger partial charge in [-0.05, 0) is 54.4 Å². The number of hydrogen-bond donors (Lipinski definition) is 0. The summed E-state index contributed by atoms with van der Waals surface area (Å²) in [7, 11) is 3.19. The maximum atomic E-state index is 13.8. The predicted octanol–water partition coefficient (Wildman–Crippen LogP) is 7.70. The molecule has 0 N–H and O–H groups in total.